The molecule has 7 nitrogen and oxygen atoms in total. The van der Waals surface area contributed by atoms with E-state index in [-0.39, 0.29) is 34.2 Å². The van der Waals surface area contributed by atoms with Gasteiger partial charge in [0.25, 0.3) is 5.91 Å². The van der Waals surface area contributed by atoms with Gasteiger partial charge in [0, 0.05) is 22.2 Å². The number of alkyl halides is 3. The third-order valence-electron chi connectivity index (χ3n) is 6.99. The first kappa shape index (κ1) is 27.4. The van der Waals surface area contributed by atoms with Gasteiger partial charge in [-0.25, -0.2) is 13.9 Å². The SMILES string of the molecule is Cc1nn(Cc2c(F)cccc2Cl)c(C)c1NC(=O)c1cc2nc(-c3ccc4ccccc4c3)cc(C(F)(F)F)n2n1. The Kier molecular flexibility index (Phi) is 6.69. The highest BCUT2D eigenvalue weighted by Gasteiger charge is 2.36. The van der Waals surface area contributed by atoms with Gasteiger partial charge < -0.3 is 5.32 Å². The molecular formula is C30H21ClF4N6O. The van der Waals surface area contributed by atoms with Crippen molar-refractivity contribution < 1.29 is 22.4 Å². The molecule has 0 spiro atoms. The number of hydrogen-bond acceptors (Lipinski definition) is 4. The van der Waals surface area contributed by atoms with Crippen molar-refractivity contribution in [2.45, 2.75) is 26.6 Å². The zero-order chi connectivity index (χ0) is 29.8. The lowest BCUT2D eigenvalue weighted by Crippen LogP contribution is -2.16. The summed E-state index contributed by atoms with van der Waals surface area (Å²) in [6.07, 6.45) is -4.77. The summed E-state index contributed by atoms with van der Waals surface area (Å²) in [7, 11) is 0. The Morgan fingerprint density at radius 1 is 0.952 bits per heavy atom. The van der Waals surface area contributed by atoms with Crippen molar-refractivity contribution in [3.63, 3.8) is 0 Å². The molecule has 1 N–H and O–H groups in total. The lowest BCUT2D eigenvalue weighted by atomic mass is 10.0. The second kappa shape index (κ2) is 10.3. The largest absolute Gasteiger partial charge is 0.433 e. The molecule has 3 heterocycles. The van der Waals surface area contributed by atoms with Crippen LogP contribution in [-0.2, 0) is 12.7 Å². The van der Waals surface area contributed by atoms with Crippen LogP contribution in [0.5, 0.6) is 0 Å². The van der Waals surface area contributed by atoms with E-state index in [9.17, 15) is 22.4 Å². The van der Waals surface area contributed by atoms with E-state index < -0.39 is 23.6 Å². The molecule has 0 saturated heterocycles. The van der Waals surface area contributed by atoms with Crippen molar-refractivity contribution in [1.29, 1.82) is 0 Å². The molecule has 42 heavy (non-hydrogen) atoms. The third kappa shape index (κ3) is 4.96. The zero-order valence-corrected chi connectivity index (χ0v) is 22.9. The minimum absolute atomic E-state index is 0.0127. The normalized spacial score (nSPS) is 11.9. The predicted octanol–water partition coefficient (Wildman–Crippen LogP) is 7.47. The fourth-order valence-electron chi connectivity index (χ4n) is 4.83. The summed E-state index contributed by atoms with van der Waals surface area (Å²) in [6, 6.07) is 19.2. The number of halogens is 5. The Balaban J connectivity index is 1.35. The number of carbonyl (C=O) groups is 1. The summed E-state index contributed by atoms with van der Waals surface area (Å²) < 4.78 is 58.8. The Morgan fingerprint density at radius 2 is 1.71 bits per heavy atom. The highest BCUT2D eigenvalue weighted by molar-refractivity contribution is 6.31. The molecule has 0 aliphatic carbocycles. The van der Waals surface area contributed by atoms with Crippen LogP contribution in [0.1, 0.15) is 33.1 Å². The van der Waals surface area contributed by atoms with Crippen LogP contribution in [0.15, 0.2) is 72.8 Å². The highest BCUT2D eigenvalue weighted by Crippen LogP contribution is 2.33. The number of nitrogens with one attached hydrogen (secondary N) is 1. The van der Waals surface area contributed by atoms with E-state index in [4.69, 9.17) is 11.6 Å². The van der Waals surface area contributed by atoms with Crippen LogP contribution in [0, 0.1) is 19.7 Å². The van der Waals surface area contributed by atoms with Crippen molar-refractivity contribution in [2.75, 3.05) is 5.32 Å². The Hall–Kier alpha value is -4.77. The van der Waals surface area contributed by atoms with E-state index in [0.29, 0.717) is 27.2 Å². The molecule has 0 aliphatic rings. The van der Waals surface area contributed by atoms with Crippen LogP contribution in [0.4, 0.5) is 23.2 Å². The standard InChI is InChI=1S/C30H21ClF4N6O/c1-16-28(17(2)40(38-16)15-21-22(31)8-5-9-23(21)32)37-29(42)25-14-27-36-24(13-26(30(33,34)35)41(27)39-25)20-11-10-18-6-3-4-7-19(18)12-20/h3-14H,15H2,1-2H3,(H,37,42). The lowest BCUT2D eigenvalue weighted by Gasteiger charge is -2.11. The van der Waals surface area contributed by atoms with Crippen LogP contribution in [0.25, 0.3) is 27.7 Å². The average Bonchev–Trinajstić information content (AvgIpc) is 3.50. The number of aryl methyl sites for hydroxylation is 1. The van der Waals surface area contributed by atoms with E-state index >= 15 is 0 Å². The van der Waals surface area contributed by atoms with E-state index in [0.717, 1.165) is 16.8 Å². The van der Waals surface area contributed by atoms with Gasteiger partial charge in [-0.1, -0.05) is 54.1 Å². The quantitative estimate of drug-likeness (QED) is 0.211. The molecule has 0 aliphatic heterocycles. The van der Waals surface area contributed by atoms with Crippen molar-refractivity contribution in [3.05, 3.63) is 112 Å². The number of hydrogen-bond donors (Lipinski definition) is 1. The molecule has 1 amide bonds. The van der Waals surface area contributed by atoms with Crippen molar-refractivity contribution in [3.8, 4) is 11.3 Å². The van der Waals surface area contributed by atoms with Crippen molar-refractivity contribution >= 4 is 39.6 Å². The fourth-order valence-corrected chi connectivity index (χ4v) is 5.05. The average molecular weight is 593 g/mol. The maximum absolute atomic E-state index is 14.3. The molecule has 0 bridgehead atoms. The first-order valence-corrected chi connectivity index (χ1v) is 13.1. The summed E-state index contributed by atoms with van der Waals surface area (Å²) in [5, 5.41) is 13.0. The van der Waals surface area contributed by atoms with Gasteiger partial charge in [0.05, 0.1) is 29.3 Å². The fraction of sp³-hybridized carbons (Fsp3) is 0.133. The van der Waals surface area contributed by atoms with Crippen molar-refractivity contribution in [1.82, 2.24) is 24.4 Å². The summed E-state index contributed by atoms with van der Waals surface area (Å²) in [5.41, 5.74) is 0.568. The minimum Gasteiger partial charge on any atom is -0.317 e. The smallest absolute Gasteiger partial charge is 0.317 e. The van der Waals surface area contributed by atoms with Gasteiger partial charge in [0.2, 0.25) is 0 Å². The van der Waals surface area contributed by atoms with Gasteiger partial charge >= 0.3 is 6.18 Å². The summed E-state index contributed by atoms with van der Waals surface area (Å²) >= 11 is 6.15. The van der Waals surface area contributed by atoms with Crippen LogP contribution in [-0.4, -0.2) is 30.3 Å². The number of fused-ring (bicyclic) bond motifs is 2. The highest BCUT2D eigenvalue weighted by atomic mass is 35.5. The van der Waals surface area contributed by atoms with Gasteiger partial charge in [-0.15, -0.1) is 0 Å². The number of anilines is 1. The van der Waals surface area contributed by atoms with Crippen molar-refractivity contribution in [2.24, 2.45) is 0 Å². The maximum atomic E-state index is 14.3. The van der Waals surface area contributed by atoms with Gasteiger partial charge in [-0.05, 0) is 48.9 Å². The predicted molar refractivity (Wildman–Crippen MR) is 151 cm³/mol. The van der Waals surface area contributed by atoms with Gasteiger partial charge in [0.1, 0.15) is 5.82 Å². The molecule has 3 aromatic heterocycles. The molecule has 6 aromatic rings. The monoisotopic (exact) mass is 592 g/mol. The summed E-state index contributed by atoms with van der Waals surface area (Å²) in [5.74, 6) is -1.25. The Morgan fingerprint density at radius 3 is 2.45 bits per heavy atom. The molecule has 0 saturated carbocycles. The second-order valence-corrected chi connectivity index (χ2v) is 10.2. The molecule has 0 fully saturated rings. The molecule has 0 unspecified atom stereocenters. The number of amides is 1. The lowest BCUT2D eigenvalue weighted by molar-refractivity contribution is -0.142. The molecular weight excluding hydrogens is 572 g/mol. The third-order valence-corrected chi connectivity index (χ3v) is 7.34. The van der Waals surface area contributed by atoms with E-state index in [1.807, 2.05) is 30.3 Å². The number of rotatable bonds is 5. The zero-order valence-electron chi connectivity index (χ0n) is 22.2. The number of aromatic nitrogens is 5. The molecule has 0 radical (unpaired) electrons. The van der Waals surface area contributed by atoms with E-state index in [2.05, 4.69) is 20.5 Å². The van der Waals surface area contributed by atoms with Crippen LogP contribution >= 0.6 is 11.6 Å². The van der Waals surface area contributed by atoms with Crippen LogP contribution in [0.3, 0.4) is 0 Å². The second-order valence-electron chi connectivity index (χ2n) is 9.74. The number of nitrogens with zero attached hydrogens (tertiary/aromatic N) is 5. The minimum atomic E-state index is -4.77. The number of benzene rings is 3. The first-order valence-electron chi connectivity index (χ1n) is 12.7. The molecule has 3 aromatic carbocycles. The summed E-state index contributed by atoms with van der Waals surface area (Å²) in [6.45, 7) is 3.33. The topological polar surface area (TPSA) is 77.1 Å². The number of carbonyl (C=O) groups excluding carboxylic acids is 1. The Labute approximate surface area is 241 Å². The van der Waals surface area contributed by atoms with E-state index in [1.165, 1.54) is 22.9 Å². The van der Waals surface area contributed by atoms with Gasteiger partial charge in [-0.3, -0.25) is 9.48 Å². The molecule has 212 valence electrons. The molecule has 12 heteroatoms. The molecule has 0 atom stereocenters. The first-order chi connectivity index (χ1) is 20.0. The Bertz CT molecular complexity index is 1990. The summed E-state index contributed by atoms with van der Waals surface area (Å²) in [4.78, 5) is 17.6. The van der Waals surface area contributed by atoms with Crippen LogP contribution in [0.2, 0.25) is 5.02 Å². The van der Waals surface area contributed by atoms with Crippen LogP contribution < -0.4 is 5.32 Å². The molecule has 6 rings (SSSR count). The van der Waals surface area contributed by atoms with Gasteiger partial charge in [-0.2, -0.15) is 23.4 Å². The van der Waals surface area contributed by atoms with Gasteiger partial charge in [0.15, 0.2) is 17.0 Å². The maximum Gasteiger partial charge on any atom is 0.433 e. The van der Waals surface area contributed by atoms with E-state index in [1.54, 1.807) is 32.0 Å².